The van der Waals surface area contributed by atoms with Crippen LogP contribution in [0.1, 0.15) is 25.7 Å². The Kier molecular flexibility index (Phi) is 3.57. The molecule has 1 aliphatic carbocycles. The Morgan fingerprint density at radius 3 is 2.80 bits per heavy atom. The van der Waals surface area contributed by atoms with Gasteiger partial charge in [-0.05, 0) is 37.1 Å². The Hall–Kier alpha value is -1.32. The van der Waals surface area contributed by atoms with E-state index in [1.807, 2.05) is 31.3 Å². The van der Waals surface area contributed by atoms with Gasteiger partial charge in [-0.3, -0.25) is 4.98 Å². The van der Waals surface area contributed by atoms with Crippen LogP contribution in [0.15, 0.2) is 30.5 Å². The van der Waals surface area contributed by atoms with Crippen LogP contribution in [0.25, 0.3) is 10.9 Å². The Morgan fingerprint density at radius 2 is 2.05 bits per heavy atom. The molecule has 1 aromatic heterocycles. The van der Waals surface area contributed by atoms with Crippen LogP contribution >= 0.6 is 11.6 Å². The van der Waals surface area contributed by atoms with E-state index in [1.54, 1.807) is 6.20 Å². The van der Waals surface area contributed by atoms with E-state index in [-0.39, 0.29) is 0 Å². The minimum absolute atomic E-state index is 0.545. The molecule has 1 aromatic carbocycles. The highest BCUT2D eigenvalue weighted by Gasteiger charge is 2.32. The molecule has 20 heavy (non-hydrogen) atoms. The number of rotatable bonds is 3. The maximum Gasteiger partial charge on any atom is 0.0821 e. The molecule has 1 fully saturated rings. The van der Waals surface area contributed by atoms with E-state index < -0.39 is 5.60 Å². The molecule has 0 spiro atoms. The fourth-order valence-electron chi connectivity index (χ4n) is 3.16. The molecule has 1 N–H and O–H groups in total. The molecule has 1 heterocycles. The highest BCUT2D eigenvalue weighted by atomic mass is 35.5. The van der Waals surface area contributed by atoms with Gasteiger partial charge in [0.2, 0.25) is 0 Å². The lowest BCUT2D eigenvalue weighted by atomic mass is 10.0. The second-order valence-corrected chi connectivity index (χ2v) is 6.22. The fraction of sp³-hybridized carbons (Fsp3) is 0.438. The van der Waals surface area contributed by atoms with E-state index in [4.69, 9.17) is 11.6 Å². The molecule has 1 aliphatic rings. The average Bonchev–Trinajstić information content (AvgIpc) is 2.84. The molecule has 0 radical (unpaired) electrons. The first-order valence-corrected chi connectivity index (χ1v) is 7.43. The van der Waals surface area contributed by atoms with Gasteiger partial charge in [0.25, 0.3) is 0 Å². The summed E-state index contributed by atoms with van der Waals surface area (Å²) in [4.78, 5) is 6.49. The zero-order valence-corrected chi connectivity index (χ0v) is 12.4. The number of anilines is 1. The summed E-state index contributed by atoms with van der Waals surface area (Å²) in [5.74, 6) is 0. The largest absolute Gasteiger partial charge is 0.388 e. The number of hydrogen-bond donors (Lipinski definition) is 1. The van der Waals surface area contributed by atoms with Gasteiger partial charge in [0.1, 0.15) is 0 Å². The fourth-order valence-corrected chi connectivity index (χ4v) is 3.32. The first-order chi connectivity index (χ1) is 9.57. The van der Waals surface area contributed by atoms with Gasteiger partial charge in [-0.1, -0.05) is 24.4 Å². The molecule has 0 amide bonds. The summed E-state index contributed by atoms with van der Waals surface area (Å²) in [5.41, 5.74) is 1.43. The summed E-state index contributed by atoms with van der Waals surface area (Å²) in [6.45, 7) is 0.661. The van der Waals surface area contributed by atoms with Gasteiger partial charge in [0.05, 0.1) is 11.1 Å². The number of fused-ring (bicyclic) bond motifs is 1. The van der Waals surface area contributed by atoms with Gasteiger partial charge in [0.15, 0.2) is 0 Å². The third-order valence-corrected chi connectivity index (χ3v) is 4.39. The normalized spacial score (nSPS) is 17.6. The molecule has 0 atom stereocenters. The van der Waals surface area contributed by atoms with Gasteiger partial charge in [-0.15, -0.1) is 0 Å². The SMILES string of the molecule is CN(CC1(O)CCCC1)c1ccnc2cc(Cl)ccc12. The van der Waals surface area contributed by atoms with E-state index in [2.05, 4.69) is 9.88 Å². The lowest BCUT2D eigenvalue weighted by Gasteiger charge is -2.30. The first-order valence-electron chi connectivity index (χ1n) is 7.05. The van der Waals surface area contributed by atoms with Crippen LogP contribution in [0.2, 0.25) is 5.02 Å². The quantitative estimate of drug-likeness (QED) is 0.938. The van der Waals surface area contributed by atoms with Crippen LogP contribution in [-0.2, 0) is 0 Å². The number of aliphatic hydroxyl groups is 1. The Bertz CT molecular complexity index is 623. The third kappa shape index (κ3) is 2.60. The zero-order valence-electron chi connectivity index (χ0n) is 11.6. The van der Waals surface area contributed by atoms with Crippen LogP contribution in [0.5, 0.6) is 0 Å². The smallest absolute Gasteiger partial charge is 0.0821 e. The summed E-state index contributed by atoms with van der Waals surface area (Å²) >= 11 is 6.02. The van der Waals surface area contributed by atoms with E-state index in [1.165, 1.54) is 0 Å². The number of pyridine rings is 1. The van der Waals surface area contributed by atoms with Crippen molar-refractivity contribution in [1.29, 1.82) is 0 Å². The lowest BCUT2D eigenvalue weighted by Crippen LogP contribution is -2.39. The van der Waals surface area contributed by atoms with Crippen molar-refractivity contribution in [3.63, 3.8) is 0 Å². The maximum atomic E-state index is 10.6. The Labute approximate surface area is 124 Å². The highest BCUT2D eigenvalue weighted by molar-refractivity contribution is 6.31. The second kappa shape index (κ2) is 5.23. The minimum atomic E-state index is -0.545. The van der Waals surface area contributed by atoms with Crippen molar-refractivity contribution in [2.24, 2.45) is 0 Å². The van der Waals surface area contributed by atoms with Gasteiger partial charge in [0, 0.05) is 35.9 Å². The molecule has 0 unspecified atom stereocenters. The van der Waals surface area contributed by atoms with E-state index >= 15 is 0 Å². The molecule has 1 saturated carbocycles. The minimum Gasteiger partial charge on any atom is -0.388 e. The van der Waals surface area contributed by atoms with Crippen molar-refractivity contribution in [3.05, 3.63) is 35.5 Å². The zero-order chi connectivity index (χ0) is 14.2. The molecule has 3 nitrogen and oxygen atoms in total. The van der Waals surface area contributed by atoms with Crippen molar-refractivity contribution >= 4 is 28.2 Å². The molecule has 0 aliphatic heterocycles. The molecule has 2 aromatic rings. The molecular formula is C16H19ClN2O. The molecule has 3 rings (SSSR count). The number of halogens is 1. The number of nitrogens with zero attached hydrogens (tertiary/aromatic N) is 2. The van der Waals surface area contributed by atoms with Crippen molar-refractivity contribution in [2.75, 3.05) is 18.5 Å². The maximum absolute atomic E-state index is 10.6. The monoisotopic (exact) mass is 290 g/mol. The van der Waals surface area contributed by atoms with Gasteiger partial charge >= 0.3 is 0 Å². The summed E-state index contributed by atoms with van der Waals surface area (Å²) in [5, 5.41) is 12.3. The van der Waals surface area contributed by atoms with Crippen LogP contribution in [-0.4, -0.2) is 29.3 Å². The molecular weight excluding hydrogens is 272 g/mol. The van der Waals surface area contributed by atoms with Crippen molar-refractivity contribution in [2.45, 2.75) is 31.3 Å². The number of benzene rings is 1. The van der Waals surface area contributed by atoms with Gasteiger partial charge in [-0.25, -0.2) is 0 Å². The predicted molar refractivity (Wildman–Crippen MR) is 83.4 cm³/mol. The van der Waals surface area contributed by atoms with E-state index in [0.29, 0.717) is 11.6 Å². The molecule has 4 heteroatoms. The molecule has 0 saturated heterocycles. The van der Waals surface area contributed by atoms with Gasteiger partial charge < -0.3 is 10.0 Å². The van der Waals surface area contributed by atoms with E-state index in [0.717, 1.165) is 42.3 Å². The summed E-state index contributed by atoms with van der Waals surface area (Å²) in [7, 11) is 2.03. The van der Waals surface area contributed by atoms with Crippen molar-refractivity contribution in [3.8, 4) is 0 Å². The molecule has 0 bridgehead atoms. The van der Waals surface area contributed by atoms with Crippen molar-refractivity contribution in [1.82, 2.24) is 4.98 Å². The number of aromatic nitrogens is 1. The summed E-state index contributed by atoms with van der Waals surface area (Å²) < 4.78 is 0. The van der Waals surface area contributed by atoms with Crippen LogP contribution in [0, 0.1) is 0 Å². The van der Waals surface area contributed by atoms with Crippen LogP contribution in [0.3, 0.4) is 0 Å². The number of likely N-dealkylation sites (N-methyl/N-ethyl adjacent to an activating group) is 1. The first kappa shape index (κ1) is 13.7. The second-order valence-electron chi connectivity index (χ2n) is 5.78. The van der Waals surface area contributed by atoms with Crippen LogP contribution in [0.4, 0.5) is 5.69 Å². The highest BCUT2D eigenvalue weighted by Crippen LogP contribution is 2.33. The van der Waals surface area contributed by atoms with E-state index in [9.17, 15) is 5.11 Å². The third-order valence-electron chi connectivity index (χ3n) is 4.16. The predicted octanol–water partition coefficient (Wildman–Crippen LogP) is 3.63. The van der Waals surface area contributed by atoms with Crippen molar-refractivity contribution < 1.29 is 5.11 Å². The standard InChI is InChI=1S/C16H19ClN2O/c1-19(11-16(20)7-2-3-8-16)15-6-9-18-14-10-12(17)4-5-13(14)15/h4-6,9-10,20H,2-3,7-8,11H2,1H3. The number of hydrogen-bond acceptors (Lipinski definition) is 3. The Morgan fingerprint density at radius 1 is 1.30 bits per heavy atom. The average molecular weight is 291 g/mol. The lowest BCUT2D eigenvalue weighted by molar-refractivity contribution is 0.0560. The molecule has 106 valence electrons. The topological polar surface area (TPSA) is 36.4 Å². The summed E-state index contributed by atoms with van der Waals surface area (Å²) in [6, 6.07) is 7.75. The van der Waals surface area contributed by atoms with Gasteiger partial charge in [-0.2, -0.15) is 0 Å². The van der Waals surface area contributed by atoms with Crippen LogP contribution < -0.4 is 4.90 Å². The summed E-state index contributed by atoms with van der Waals surface area (Å²) in [6.07, 6.45) is 5.83. The Balaban J connectivity index is 1.93.